The summed E-state index contributed by atoms with van der Waals surface area (Å²) in [7, 11) is 2.46. The zero-order chi connectivity index (χ0) is 12.7. The summed E-state index contributed by atoms with van der Waals surface area (Å²) in [5.41, 5.74) is 1.54. The zero-order valence-corrected chi connectivity index (χ0v) is 12.9. The average molecular weight is 254 g/mol. The van der Waals surface area contributed by atoms with Crippen molar-refractivity contribution >= 4 is 8.07 Å². The average Bonchev–Trinajstić information content (AvgIpc) is 2.24. The number of hydrogen-bond donors (Lipinski definition) is 0. The SMILES string of the molecule is COCC1=C([Si](C)(C)C)C2CCCCC12OC. The van der Waals surface area contributed by atoms with Gasteiger partial charge < -0.3 is 9.47 Å². The van der Waals surface area contributed by atoms with Gasteiger partial charge in [-0.1, -0.05) is 37.7 Å². The Morgan fingerprint density at radius 3 is 2.47 bits per heavy atom. The van der Waals surface area contributed by atoms with Crippen molar-refractivity contribution in [1.82, 2.24) is 0 Å². The summed E-state index contributed by atoms with van der Waals surface area (Å²) in [6, 6.07) is 0. The van der Waals surface area contributed by atoms with Crippen molar-refractivity contribution in [2.45, 2.75) is 50.9 Å². The molecule has 0 aliphatic heterocycles. The van der Waals surface area contributed by atoms with Crippen LogP contribution in [0.2, 0.25) is 19.6 Å². The Labute approximate surface area is 106 Å². The molecule has 0 bridgehead atoms. The lowest BCUT2D eigenvalue weighted by Crippen LogP contribution is -2.59. The van der Waals surface area contributed by atoms with Crippen molar-refractivity contribution in [2.75, 3.05) is 20.8 Å². The maximum Gasteiger partial charge on any atom is 0.0970 e. The first-order valence-electron chi connectivity index (χ1n) is 6.75. The highest BCUT2D eigenvalue weighted by molar-refractivity contribution is 6.83. The molecule has 98 valence electrons. The molecule has 2 atom stereocenters. The molecule has 0 amide bonds. The second-order valence-corrected chi connectivity index (χ2v) is 11.5. The molecular formula is C14H26O2Si. The van der Waals surface area contributed by atoms with E-state index >= 15 is 0 Å². The molecule has 2 aliphatic carbocycles. The van der Waals surface area contributed by atoms with Crippen molar-refractivity contribution in [3.8, 4) is 0 Å². The van der Waals surface area contributed by atoms with Crippen LogP contribution in [0.4, 0.5) is 0 Å². The van der Waals surface area contributed by atoms with Gasteiger partial charge in [0.1, 0.15) is 0 Å². The molecule has 0 aromatic rings. The molecule has 3 heteroatoms. The number of hydrogen-bond acceptors (Lipinski definition) is 2. The molecule has 1 fully saturated rings. The lowest BCUT2D eigenvalue weighted by molar-refractivity contribution is -0.0703. The lowest BCUT2D eigenvalue weighted by atomic mass is 9.62. The molecule has 0 saturated heterocycles. The van der Waals surface area contributed by atoms with Gasteiger partial charge in [-0.2, -0.15) is 0 Å². The molecule has 0 N–H and O–H groups in total. The van der Waals surface area contributed by atoms with Gasteiger partial charge in [0.15, 0.2) is 0 Å². The van der Waals surface area contributed by atoms with Crippen LogP contribution in [0, 0.1) is 5.92 Å². The van der Waals surface area contributed by atoms with Crippen molar-refractivity contribution < 1.29 is 9.47 Å². The molecule has 17 heavy (non-hydrogen) atoms. The van der Waals surface area contributed by atoms with Gasteiger partial charge in [0, 0.05) is 20.1 Å². The molecule has 2 unspecified atom stereocenters. The summed E-state index contributed by atoms with van der Waals surface area (Å²) in [6.07, 6.45) is 5.18. The van der Waals surface area contributed by atoms with Gasteiger partial charge in [0.05, 0.1) is 20.3 Å². The molecule has 0 spiro atoms. The van der Waals surface area contributed by atoms with E-state index in [4.69, 9.17) is 9.47 Å². The predicted octanol–water partition coefficient (Wildman–Crippen LogP) is 3.40. The van der Waals surface area contributed by atoms with Crippen molar-refractivity contribution in [1.29, 1.82) is 0 Å². The molecule has 2 rings (SSSR count). The molecular weight excluding hydrogens is 228 g/mol. The van der Waals surface area contributed by atoms with E-state index < -0.39 is 8.07 Å². The molecule has 0 aromatic carbocycles. The van der Waals surface area contributed by atoms with Crippen LogP contribution in [0.3, 0.4) is 0 Å². The van der Waals surface area contributed by atoms with Crippen LogP contribution in [0.15, 0.2) is 10.8 Å². The van der Waals surface area contributed by atoms with E-state index in [1.807, 2.05) is 7.11 Å². The molecule has 0 radical (unpaired) electrons. The highest BCUT2D eigenvalue weighted by Crippen LogP contribution is 2.57. The van der Waals surface area contributed by atoms with E-state index in [1.54, 1.807) is 12.3 Å². The van der Waals surface area contributed by atoms with Gasteiger partial charge >= 0.3 is 0 Å². The lowest BCUT2D eigenvalue weighted by Gasteiger charge is -2.57. The maximum atomic E-state index is 5.95. The summed E-state index contributed by atoms with van der Waals surface area (Å²) in [4.78, 5) is 0. The van der Waals surface area contributed by atoms with Crippen LogP contribution in [0.25, 0.3) is 0 Å². The normalized spacial score (nSPS) is 33.4. The minimum atomic E-state index is -1.23. The predicted molar refractivity (Wildman–Crippen MR) is 73.9 cm³/mol. The van der Waals surface area contributed by atoms with E-state index in [2.05, 4.69) is 19.6 Å². The highest BCUT2D eigenvalue weighted by Gasteiger charge is 2.57. The van der Waals surface area contributed by atoms with Gasteiger partial charge in [-0.15, -0.1) is 0 Å². The minimum Gasteiger partial charge on any atom is -0.380 e. The maximum absolute atomic E-state index is 5.95. The summed E-state index contributed by atoms with van der Waals surface area (Å²) in [5, 5.41) is 1.74. The first-order chi connectivity index (χ1) is 7.97. The second-order valence-electron chi connectivity index (χ2n) is 6.47. The summed E-state index contributed by atoms with van der Waals surface area (Å²) < 4.78 is 11.4. The largest absolute Gasteiger partial charge is 0.380 e. The Kier molecular flexibility index (Phi) is 3.54. The first-order valence-corrected chi connectivity index (χ1v) is 10.3. The number of methoxy groups -OCH3 is 2. The topological polar surface area (TPSA) is 18.5 Å². The van der Waals surface area contributed by atoms with E-state index in [-0.39, 0.29) is 5.60 Å². The van der Waals surface area contributed by atoms with Crippen LogP contribution in [-0.4, -0.2) is 34.5 Å². The van der Waals surface area contributed by atoms with Crippen molar-refractivity contribution in [2.24, 2.45) is 5.92 Å². The van der Waals surface area contributed by atoms with E-state index in [0.29, 0.717) is 5.92 Å². The van der Waals surface area contributed by atoms with Gasteiger partial charge in [-0.25, -0.2) is 0 Å². The van der Waals surface area contributed by atoms with Crippen LogP contribution >= 0.6 is 0 Å². The molecule has 1 saturated carbocycles. The third kappa shape index (κ3) is 1.92. The Morgan fingerprint density at radius 1 is 1.24 bits per heavy atom. The second kappa shape index (κ2) is 4.52. The Morgan fingerprint density at radius 2 is 1.94 bits per heavy atom. The van der Waals surface area contributed by atoms with E-state index in [0.717, 1.165) is 6.61 Å². The summed E-state index contributed by atoms with van der Waals surface area (Å²) >= 11 is 0. The minimum absolute atomic E-state index is 0.0455. The summed E-state index contributed by atoms with van der Waals surface area (Å²) in [6.45, 7) is 8.12. The molecule has 2 aliphatic rings. The van der Waals surface area contributed by atoms with E-state index in [1.165, 1.54) is 31.3 Å². The Bertz CT molecular complexity index is 330. The van der Waals surface area contributed by atoms with Crippen LogP contribution in [0.5, 0.6) is 0 Å². The van der Waals surface area contributed by atoms with Crippen LogP contribution < -0.4 is 0 Å². The quantitative estimate of drug-likeness (QED) is 0.716. The Hall–Kier alpha value is -0.123. The van der Waals surface area contributed by atoms with Crippen molar-refractivity contribution in [3.63, 3.8) is 0 Å². The zero-order valence-electron chi connectivity index (χ0n) is 11.9. The van der Waals surface area contributed by atoms with Crippen molar-refractivity contribution in [3.05, 3.63) is 10.8 Å². The Balaban J connectivity index is 2.40. The van der Waals surface area contributed by atoms with E-state index in [9.17, 15) is 0 Å². The first kappa shape index (κ1) is 13.3. The highest BCUT2D eigenvalue weighted by atomic mass is 28.3. The number of fused-ring (bicyclic) bond motifs is 1. The smallest absolute Gasteiger partial charge is 0.0970 e. The van der Waals surface area contributed by atoms with Gasteiger partial charge in [-0.3, -0.25) is 0 Å². The third-order valence-electron chi connectivity index (χ3n) is 4.50. The fraction of sp³-hybridized carbons (Fsp3) is 0.857. The monoisotopic (exact) mass is 254 g/mol. The fourth-order valence-corrected chi connectivity index (χ4v) is 6.54. The summed E-state index contributed by atoms with van der Waals surface area (Å²) in [5.74, 6) is 0.693. The number of rotatable bonds is 4. The molecule has 2 nitrogen and oxygen atoms in total. The number of ether oxygens (including phenoxy) is 2. The van der Waals surface area contributed by atoms with Crippen LogP contribution in [-0.2, 0) is 9.47 Å². The van der Waals surface area contributed by atoms with Gasteiger partial charge in [-0.05, 0) is 18.4 Å². The van der Waals surface area contributed by atoms with Gasteiger partial charge in [0.2, 0.25) is 0 Å². The molecule has 0 heterocycles. The standard InChI is InChI=1S/C14H26O2Si/c1-15-10-12-13(17(3,4)5)11-8-6-7-9-14(11,12)16-2/h11H,6-10H2,1-5H3. The fourth-order valence-electron chi connectivity index (χ4n) is 3.93. The molecule has 0 aromatic heterocycles. The van der Waals surface area contributed by atoms with Gasteiger partial charge in [0.25, 0.3) is 0 Å². The van der Waals surface area contributed by atoms with Crippen LogP contribution in [0.1, 0.15) is 25.7 Å². The third-order valence-corrected chi connectivity index (χ3v) is 6.77.